The minimum atomic E-state index is -3.36. The third kappa shape index (κ3) is 3.75. The van der Waals surface area contributed by atoms with Crippen molar-refractivity contribution in [3.63, 3.8) is 0 Å². The summed E-state index contributed by atoms with van der Waals surface area (Å²) < 4.78 is 30.8. The number of methoxy groups -OCH3 is 1. The third-order valence-corrected chi connectivity index (χ3v) is 5.67. The molecule has 17 heavy (non-hydrogen) atoms. The zero-order valence-electron chi connectivity index (χ0n) is 10.3. The largest absolute Gasteiger partial charge is 0.383 e. The molecule has 1 aromatic heterocycles. The average Bonchev–Trinajstić information content (AvgIpc) is 2.75. The highest BCUT2D eigenvalue weighted by atomic mass is 32.2. The van der Waals surface area contributed by atoms with Crippen molar-refractivity contribution in [1.29, 1.82) is 0 Å². The number of hydrogen-bond donors (Lipinski definition) is 1. The summed E-state index contributed by atoms with van der Waals surface area (Å²) in [6, 6.07) is 3.48. The van der Waals surface area contributed by atoms with Gasteiger partial charge >= 0.3 is 0 Å². The minimum Gasteiger partial charge on any atom is -0.383 e. The number of hydrogen-bond acceptors (Lipinski definition) is 5. The summed E-state index contributed by atoms with van der Waals surface area (Å²) in [5, 5.41) is 2.99. The number of ether oxygens (including phenoxy) is 1. The molecule has 0 atom stereocenters. The van der Waals surface area contributed by atoms with Gasteiger partial charge in [0, 0.05) is 32.1 Å². The Hall–Kier alpha value is -0.470. The van der Waals surface area contributed by atoms with Crippen LogP contribution in [0.1, 0.15) is 4.88 Å². The SMILES string of the molecule is CNCc1ccc(S(=O)(=O)N(C)CCOC)s1. The van der Waals surface area contributed by atoms with E-state index in [-0.39, 0.29) is 0 Å². The normalized spacial score (nSPS) is 12.2. The van der Waals surface area contributed by atoms with Crippen LogP contribution in [-0.4, -0.2) is 47.1 Å². The van der Waals surface area contributed by atoms with E-state index in [1.165, 1.54) is 15.6 Å². The van der Waals surface area contributed by atoms with Crippen molar-refractivity contribution in [2.45, 2.75) is 10.8 Å². The van der Waals surface area contributed by atoms with Crippen LogP contribution in [0.2, 0.25) is 0 Å². The van der Waals surface area contributed by atoms with Gasteiger partial charge in [-0.15, -0.1) is 11.3 Å². The van der Waals surface area contributed by atoms with Crippen LogP contribution in [0.5, 0.6) is 0 Å². The molecule has 7 heteroatoms. The molecule has 0 unspecified atom stereocenters. The fourth-order valence-electron chi connectivity index (χ4n) is 1.26. The van der Waals surface area contributed by atoms with Crippen molar-refractivity contribution in [2.24, 2.45) is 0 Å². The van der Waals surface area contributed by atoms with E-state index >= 15 is 0 Å². The molecule has 5 nitrogen and oxygen atoms in total. The second-order valence-corrected chi connectivity index (χ2v) is 7.01. The molecular weight excluding hydrogens is 260 g/mol. The molecule has 1 rings (SSSR count). The topological polar surface area (TPSA) is 58.6 Å². The predicted octanol–water partition coefficient (Wildman–Crippen LogP) is 0.734. The van der Waals surface area contributed by atoms with Crippen molar-refractivity contribution in [3.8, 4) is 0 Å². The molecular formula is C10H18N2O3S2. The smallest absolute Gasteiger partial charge is 0.252 e. The second-order valence-electron chi connectivity index (χ2n) is 3.57. The zero-order chi connectivity index (χ0) is 12.9. The first-order valence-electron chi connectivity index (χ1n) is 5.21. The molecule has 0 bridgehead atoms. The predicted molar refractivity (Wildman–Crippen MR) is 68.8 cm³/mol. The van der Waals surface area contributed by atoms with E-state index in [2.05, 4.69) is 5.32 Å². The van der Waals surface area contributed by atoms with Gasteiger partial charge in [0.25, 0.3) is 10.0 Å². The Balaban J connectivity index is 2.81. The molecule has 0 amide bonds. The van der Waals surface area contributed by atoms with E-state index in [1.54, 1.807) is 20.2 Å². The van der Waals surface area contributed by atoms with E-state index in [0.717, 1.165) is 4.88 Å². The van der Waals surface area contributed by atoms with Crippen LogP contribution in [-0.2, 0) is 21.3 Å². The Kier molecular flexibility index (Phi) is 5.54. The standard InChI is InChI=1S/C10H18N2O3S2/c1-11-8-9-4-5-10(16-9)17(13,14)12(2)6-7-15-3/h4-5,11H,6-8H2,1-3H3. The summed E-state index contributed by atoms with van der Waals surface area (Å²) >= 11 is 1.29. The van der Waals surface area contributed by atoms with Crippen LogP contribution in [0.25, 0.3) is 0 Å². The van der Waals surface area contributed by atoms with Gasteiger partial charge in [0.05, 0.1) is 6.61 Å². The lowest BCUT2D eigenvalue weighted by molar-refractivity contribution is 0.185. The number of nitrogens with zero attached hydrogens (tertiary/aromatic N) is 1. The molecule has 98 valence electrons. The Labute approximate surface area is 106 Å². The maximum atomic E-state index is 12.1. The van der Waals surface area contributed by atoms with Crippen LogP contribution in [0.4, 0.5) is 0 Å². The Morgan fingerprint density at radius 2 is 2.18 bits per heavy atom. The maximum Gasteiger partial charge on any atom is 0.252 e. The summed E-state index contributed by atoms with van der Waals surface area (Å²) in [5.74, 6) is 0. The van der Waals surface area contributed by atoms with Gasteiger partial charge in [-0.2, -0.15) is 4.31 Å². The van der Waals surface area contributed by atoms with Crippen molar-refractivity contribution < 1.29 is 13.2 Å². The van der Waals surface area contributed by atoms with Crippen molar-refractivity contribution in [2.75, 3.05) is 34.4 Å². The number of likely N-dealkylation sites (N-methyl/N-ethyl adjacent to an activating group) is 1. The molecule has 0 fully saturated rings. The average molecular weight is 278 g/mol. The molecule has 0 saturated heterocycles. The lowest BCUT2D eigenvalue weighted by Gasteiger charge is -2.15. The summed E-state index contributed by atoms with van der Waals surface area (Å²) in [6.07, 6.45) is 0. The van der Waals surface area contributed by atoms with E-state index in [0.29, 0.717) is 23.9 Å². The van der Waals surface area contributed by atoms with Crippen LogP contribution in [0.3, 0.4) is 0 Å². The zero-order valence-corrected chi connectivity index (χ0v) is 11.9. The van der Waals surface area contributed by atoms with Crippen molar-refractivity contribution in [3.05, 3.63) is 17.0 Å². The maximum absolute atomic E-state index is 12.1. The molecule has 1 aromatic rings. The van der Waals surface area contributed by atoms with Gasteiger partial charge in [-0.1, -0.05) is 0 Å². The Morgan fingerprint density at radius 3 is 2.76 bits per heavy atom. The van der Waals surface area contributed by atoms with Crippen LogP contribution < -0.4 is 5.32 Å². The summed E-state index contributed by atoms with van der Waals surface area (Å²) in [7, 11) is 1.58. The van der Waals surface area contributed by atoms with Gasteiger partial charge < -0.3 is 10.1 Å². The first-order valence-corrected chi connectivity index (χ1v) is 7.46. The van der Waals surface area contributed by atoms with E-state index in [4.69, 9.17) is 4.74 Å². The lowest BCUT2D eigenvalue weighted by atomic mass is 10.5. The fourth-order valence-corrected chi connectivity index (χ4v) is 3.99. The third-order valence-electron chi connectivity index (χ3n) is 2.26. The van der Waals surface area contributed by atoms with E-state index in [9.17, 15) is 8.42 Å². The Bertz CT molecular complexity index is 442. The number of sulfonamides is 1. The van der Waals surface area contributed by atoms with E-state index in [1.807, 2.05) is 13.1 Å². The van der Waals surface area contributed by atoms with Crippen molar-refractivity contribution in [1.82, 2.24) is 9.62 Å². The van der Waals surface area contributed by atoms with Gasteiger partial charge in [0.1, 0.15) is 4.21 Å². The molecule has 0 aliphatic rings. The number of nitrogens with one attached hydrogen (secondary N) is 1. The van der Waals surface area contributed by atoms with Crippen molar-refractivity contribution >= 4 is 21.4 Å². The highest BCUT2D eigenvalue weighted by Gasteiger charge is 2.22. The van der Waals surface area contributed by atoms with E-state index < -0.39 is 10.0 Å². The number of rotatable bonds is 7. The molecule has 0 aromatic carbocycles. The first-order chi connectivity index (χ1) is 8.02. The molecule has 0 saturated carbocycles. The number of thiophene rings is 1. The summed E-state index contributed by atoms with van der Waals surface area (Å²) in [6.45, 7) is 1.44. The van der Waals surface area contributed by atoms with Gasteiger partial charge in [-0.05, 0) is 19.2 Å². The highest BCUT2D eigenvalue weighted by Crippen LogP contribution is 2.24. The summed E-state index contributed by atoms with van der Waals surface area (Å²) in [5.41, 5.74) is 0. The van der Waals surface area contributed by atoms with Gasteiger partial charge in [0.2, 0.25) is 0 Å². The molecule has 0 radical (unpaired) electrons. The van der Waals surface area contributed by atoms with Crippen LogP contribution in [0.15, 0.2) is 16.3 Å². The quantitative estimate of drug-likeness (QED) is 0.799. The summed E-state index contributed by atoms with van der Waals surface area (Å²) in [4.78, 5) is 1.01. The van der Waals surface area contributed by atoms with Gasteiger partial charge in [0.15, 0.2) is 0 Å². The second kappa shape index (κ2) is 6.46. The molecule has 1 N–H and O–H groups in total. The Morgan fingerprint density at radius 1 is 1.47 bits per heavy atom. The molecule has 0 aliphatic carbocycles. The van der Waals surface area contributed by atoms with Gasteiger partial charge in [-0.25, -0.2) is 8.42 Å². The van der Waals surface area contributed by atoms with Crippen LogP contribution >= 0.6 is 11.3 Å². The molecule has 0 spiro atoms. The monoisotopic (exact) mass is 278 g/mol. The minimum absolute atomic E-state index is 0.359. The first kappa shape index (κ1) is 14.6. The van der Waals surface area contributed by atoms with Crippen LogP contribution in [0, 0.1) is 0 Å². The molecule has 1 heterocycles. The van der Waals surface area contributed by atoms with Gasteiger partial charge in [-0.3, -0.25) is 0 Å². The fraction of sp³-hybridized carbons (Fsp3) is 0.600. The highest BCUT2D eigenvalue weighted by molar-refractivity contribution is 7.91. The lowest BCUT2D eigenvalue weighted by Crippen LogP contribution is -2.29. The molecule has 0 aliphatic heterocycles.